The minimum absolute atomic E-state index is 0.187. The average molecular weight is 183 g/mol. The second kappa shape index (κ2) is 3.87. The van der Waals surface area contributed by atoms with Crippen molar-refractivity contribution in [3.63, 3.8) is 0 Å². The molecular weight excluding hydrogens is 166 g/mol. The SMILES string of the molecule is CC(C)(C)Cc1nc(CCN)no1. The second-order valence-corrected chi connectivity index (χ2v) is 4.38. The Balaban J connectivity index is 2.59. The first-order valence-corrected chi connectivity index (χ1v) is 4.53. The Morgan fingerprint density at radius 1 is 1.38 bits per heavy atom. The highest BCUT2D eigenvalue weighted by atomic mass is 16.5. The summed E-state index contributed by atoms with van der Waals surface area (Å²) < 4.78 is 5.08. The quantitative estimate of drug-likeness (QED) is 0.763. The van der Waals surface area contributed by atoms with Crippen LogP contribution in [0.25, 0.3) is 0 Å². The van der Waals surface area contributed by atoms with Gasteiger partial charge in [0.2, 0.25) is 5.89 Å². The third-order valence-electron chi connectivity index (χ3n) is 1.56. The van der Waals surface area contributed by atoms with Crippen LogP contribution in [0.3, 0.4) is 0 Å². The number of aromatic nitrogens is 2. The lowest BCUT2D eigenvalue weighted by molar-refractivity contribution is 0.312. The predicted octanol–water partition coefficient (Wildman–Crippen LogP) is 1.16. The molecule has 0 atom stereocenters. The average Bonchev–Trinajstić information content (AvgIpc) is 2.33. The molecule has 4 nitrogen and oxygen atoms in total. The summed E-state index contributed by atoms with van der Waals surface area (Å²) >= 11 is 0. The summed E-state index contributed by atoms with van der Waals surface area (Å²) in [6, 6.07) is 0. The van der Waals surface area contributed by atoms with Crippen LogP contribution in [0.2, 0.25) is 0 Å². The van der Waals surface area contributed by atoms with E-state index in [9.17, 15) is 0 Å². The standard InChI is InChI=1S/C9H17N3O/c1-9(2,3)6-8-11-7(4-5-10)12-13-8/h4-6,10H2,1-3H3. The number of nitrogens with zero attached hydrogens (tertiary/aromatic N) is 2. The van der Waals surface area contributed by atoms with Gasteiger partial charge in [0.05, 0.1) is 0 Å². The van der Waals surface area contributed by atoms with Gasteiger partial charge >= 0.3 is 0 Å². The highest BCUT2D eigenvalue weighted by Crippen LogP contribution is 2.19. The lowest BCUT2D eigenvalue weighted by Gasteiger charge is -2.13. The molecule has 1 aromatic rings. The van der Waals surface area contributed by atoms with Crippen LogP contribution in [-0.2, 0) is 12.8 Å². The Morgan fingerprint density at radius 2 is 2.08 bits per heavy atom. The normalized spacial score (nSPS) is 12.0. The van der Waals surface area contributed by atoms with Crippen molar-refractivity contribution in [2.24, 2.45) is 11.1 Å². The van der Waals surface area contributed by atoms with Gasteiger partial charge in [-0.25, -0.2) is 0 Å². The van der Waals surface area contributed by atoms with Crippen LogP contribution in [-0.4, -0.2) is 16.7 Å². The van der Waals surface area contributed by atoms with Crippen molar-refractivity contribution in [1.82, 2.24) is 10.1 Å². The van der Waals surface area contributed by atoms with E-state index in [4.69, 9.17) is 10.3 Å². The Morgan fingerprint density at radius 3 is 2.62 bits per heavy atom. The van der Waals surface area contributed by atoms with E-state index >= 15 is 0 Å². The summed E-state index contributed by atoms with van der Waals surface area (Å²) in [4.78, 5) is 4.23. The Hall–Kier alpha value is -0.900. The molecule has 0 spiro atoms. The lowest BCUT2D eigenvalue weighted by atomic mass is 9.92. The molecule has 2 N–H and O–H groups in total. The van der Waals surface area contributed by atoms with Crippen LogP contribution in [0, 0.1) is 5.41 Å². The van der Waals surface area contributed by atoms with Gasteiger partial charge in [0.25, 0.3) is 0 Å². The molecule has 0 saturated carbocycles. The molecule has 0 bridgehead atoms. The lowest BCUT2D eigenvalue weighted by Crippen LogP contribution is -2.09. The molecule has 0 amide bonds. The molecule has 4 heteroatoms. The number of rotatable bonds is 3. The summed E-state index contributed by atoms with van der Waals surface area (Å²) in [7, 11) is 0. The van der Waals surface area contributed by atoms with Gasteiger partial charge in [-0.3, -0.25) is 0 Å². The van der Waals surface area contributed by atoms with Crippen LogP contribution in [0.1, 0.15) is 32.5 Å². The van der Waals surface area contributed by atoms with Crippen molar-refractivity contribution >= 4 is 0 Å². The van der Waals surface area contributed by atoms with Crippen molar-refractivity contribution in [3.05, 3.63) is 11.7 Å². The van der Waals surface area contributed by atoms with E-state index in [1.54, 1.807) is 0 Å². The summed E-state index contributed by atoms with van der Waals surface area (Å²) in [5, 5.41) is 3.82. The molecule has 0 aliphatic heterocycles. The van der Waals surface area contributed by atoms with Crippen LogP contribution >= 0.6 is 0 Å². The van der Waals surface area contributed by atoms with Crippen molar-refractivity contribution in [1.29, 1.82) is 0 Å². The summed E-state index contributed by atoms with van der Waals surface area (Å²) in [5.41, 5.74) is 5.56. The highest BCUT2D eigenvalue weighted by molar-refractivity contribution is 4.89. The maximum Gasteiger partial charge on any atom is 0.227 e. The van der Waals surface area contributed by atoms with Gasteiger partial charge in [-0.1, -0.05) is 25.9 Å². The van der Waals surface area contributed by atoms with Crippen LogP contribution in [0.4, 0.5) is 0 Å². The Labute approximate surface area is 78.5 Å². The van der Waals surface area contributed by atoms with E-state index in [1.807, 2.05) is 0 Å². The maximum absolute atomic E-state index is 5.38. The molecule has 1 heterocycles. The minimum atomic E-state index is 0.187. The Kier molecular flexibility index (Phi) is 3.03. The van der Waals surface area contributed by atoms with Crippen LogP contribution < -0.4 is 5.73 Å². The molecule has 0 aliphatic carbocycles. The maximum atomic E-state index is 5.38. The first-order valence-electron chi connectivity index (χ1n) is 4.53. The van der Waals surface area contributed by atoms with E-state index in [0.29, 0.717) is 24.7 Å². The zero-order chi connectivity index (χ0) is 9.90. The zero-order valence-corrected chi connectivity index (χ0v) is 8.50. The monoisotopic (exact) mass is 183 g/mol. The van der Waals surface area contributed by atoms with E-state index in [2.05, 4.69) is 30.9 Å². The highest BCUT2D eigenvalue weighted by Gasteiger charge is 2.16. The van der Waals surface area contributed by atoms with Crippen molar-refractivity contribution in [3.8, 4) is 0 Å². The fraction of sp³-hybridized carbons (Fsp3) is 0.778. The van der Waals surface area contributed by atoms with E-state index in [0.717, 1.165) is 6.42 Å². The first kappa shape index (κ1) is 10.2. The molecule has 1 rings (SSSR count). The molecule has 0 radical (unpaired) electrons. The molecule has 1 aromatic heterocycles. The molecular formula is C9H17N3O. The molecule has 0 aliphatic rings. The van der Waals surface area contributed by atoms with Gasteiger partial charge < -0.3 is 10.3 Å². The minimum Gasteiger partial charge on any atom is -0.339 e. The van der Waals surface area contributed by atoms with Gasteiger partial charge in [0, 0.05) is 12.8 Å². The van der Waals surface area contributed by atoms with E-state index < -0.39 is 0 Å². The van der Waals surface area contributed by atoms with Gasteiger partial charge in [-0.05, 0) is 12.0 Å². The second-order valence-electron chi connectivity index (χ2n) is 4.38. The first-order chi connectivity index (χ1) is 6.01. The molecule has 0 fully saturated rings. The number of hydrogen-bond donors (Lipinski definition) is 1. The van der Waals surface area contributed by atoms with Gasteiger partial charge in [-0.15, -0.1) is 0 Å². The third-order valence-corrected chi connectivity index (χ3v) is 1.56. The fourth-order valence-electron chi connectivity index (χ4n) is 1.05. The molecule has 74 valence electrons. The molecule has 13 heavy (non-hydrogen) atoms. The molecule has 0 unspecified atom stereocenters. The van der Waals surface area contributed by atoms with Crippen LogP contribution in [0.15, 0.2) is 4.52 Å². The topological polar surface area (TPSA) is 64.9 Å². The van der Waals surface area contributed by atoms with Crippen molar-refractivity contribution in [2.45, 2.75) is 33.6 Å². The van der Waals surface area contributed by atoms with Crippen molar-refractivity contribution < 1.29 is 4.52 Å². The Bertz CT molecular complexity index is 262. The third kappa shape index (κ3) is 3.55. The summed E-state index contributed by atoms with van der Waals surface area (Å²) in [6.07, 6.45) is 1.50. The fourth-order valence-corrected chi connectivity index (χ4v) is 1.05. The summed E-state index contributed by atoms with van der Waals surface area (Å²) in [6.45, 7) is 6.98. The summed E-state index contributed by atoms with van der Waals surface area (Å²) in [5.74, 6) is 1.41. The van der Waals surface area contributed by atoms with Gasteiger partial charge in [-0.2, -0.15) is 4.98 Å². The predicted molar refractivity (Wildman–Crippen MR) is 50.2 cm³/mol. The largest absolute Gasteiger partial charge is 0.339 e. The molecule has 0 aromatic carbocycles. The van der Waals surface area contributed by atoms with Gasteiger partial charge in [0.1, 0.15) is 0 Å². The zero-order valence-electron chi connectivity index (χ0n) is 8.50. The van der Waals surface area contributed by atoms with Gasteiger partial charge in [0.15, 0.2) is 5.82 Å². The molecule has 0 saturated heterocycles. The van der Waals surface area contributed by atoms with Crippen molar-refractivity contribution in [2.75, 3.05) is 6.54 Å². The number of nitrogens with two attached hydrogens (primary N) is 1. The van der Waals surface area contributed by atoms with E-state index in [1.165, 1.54) is 0 Å². The number of hydrogen-bond acceptors (Lipinski definition) is 4. The van der Waals surface area contributed by atoms with Crippen LogP contribution in [0.5, 0.6) is 0 Å². The smallest absolute Gasteiger partial charge is 0.227 e. The van der Waals surface area contributed by atoms with E-state index in [-0.39, 0.29) is 5.41 Å².